The zero-order chi connectivity index (χ0) is 12.9. The first kappa shape index (κ1) is 13.9. The van der Waals surface area contributed by atoms with Crippen molar-refractivity contribution in [1.29, 1.82) is 0 Å². The Labute approximate surface area is 99.7 Å². The van der Waals surface area contributed by atoms with Gasteiger partial charge in [-0.3, -0.25) is 0 Å². The molecule has 0 heterocycles. The van der Waals surface area contributed by atoms with Crippen LogP contribution in [0.5, 0.6) is 5.75 Å². The van der Waals surface area contributed by atoms with Crippen molar-refractivity contribution >= 4 is 0 Å². The number of para-hydroxylation sites is 1. The van der Waals surface area contributed by atoms with Crippen molar-refractivity contribution in [3.63, 3.8) is 0 Å². The predicted octanol–water partition coefficient (Wildman–Crippen LogP) is 0.754. The van der Waals surface area contributed by atoms with Gasteiger partial charge in [-0.1, -0.05) is 19.1 Å². The molecule has 4 N–H and O–H groups in total. The van der Waals surface area contributed by atoms with E-state index in [0.29, 0.717) is 12.0 Å². The molecule has 0 spiro atoms. The Balaban J connectivity index is 2.75. The third-order valence-electron chi connectivity index (χ3n) is 3.01. The molecular weight excluding hydrogens is 225 g/mol. The van der Waals surface area contributed by atoms with Gasteiger partial charge in [0.25, 0.3) is 0 Å². The van der Waals surface area contributed by atoms with E-state index in [1.54, 1.807) is 6.07 Å². The molecule has 0 aliphatic rings. The molecule has 0 saturated heterocycles. The summed E-state index contributed by atoms with van der Waals surface area (Å²) in [5, 5.41) is 30.9. The van der Waals surface area contributed by atoms with Crippen LogP contribution in [0.2, 0.25) is 0 Å². The van der Waals surface area contributed by atoms with Gasteiger partial charge in [0.15, 0.2) is 11.6 Å². The summed E-state index contributed by atoms with van der Waals surface area (Å²) >= 11 is 0. The lowest BCUT2D eigenvalue weighted by Crippen LogP contribution is -2.50. The number of aromatic hydroxyl groups is 1. The Bertz CT molecular complexity index is 359. The molecule has 0 aliphatic carbocycles. The lowest BCUT2D eigenvalue weighted by Gasteiger charge is -2.30. The van der Waals surface area contributed by atoms with E-state index in [1.165, 1.54) is 12.1 Å². The van der Waals surface area contributed by atoms with E-state index in [9.17, 15) is 19.7 Å². The van der Waals surface area contributed by atoms with Crippen LogP contribution in [-0.4, -0.2) is 34.1 Å². The summed E-state index contributed by atoms with van der Waals surface area (Å²) in [7, 11) is 0. The fraction of sp³-hybridized carbons (Fsp3) is 0.500. The minimum Gasteiger partial charge on any atom is -0.505 e. The van der Waals surface area contributed by atoms with Crippen molar-refractivity contribution in [3.8, 4) is 5.75 Å². The molecule has 5 heteroatoms. The fourth-order valence-electron chi connectivity index (χ4n) is 1.50. The van der Waals surface area contributed by atoms with Gasteiger partial charge in [0.2, 0.25) is 0 Å². The summed E-state index contributed by atoms with van der Waals surface area (Å²) in [6, 6.07) is 4.25. The zero-order valence-corrected chi connectivity index (χ0v) is 9.78. The molecule has 0 aliphatic heterocycles. The SMILES string of the molecule is CCC(CO)(CO)NCc1cccc(F)c1O. The summed E-state index contributed by atoms with van der Waals surface area (Å²) in [4.78, 5) is 0. The molecule has 0 aromatic heterocycles. The van der Waals surface area contributed by atoms with Gasteiger partial charge in [-0.2, -0.15) is 0 Å². The fourth-order valence-corrected chi connectivity index (χ4v) is 1.50. The highest BCUT2D eigenvalue weighted by Crippen LogP contribution is 2.21. The largest absolute Gasteiger partial charge is 0.505 e. The molecule has 1 aromatic rings. The second-order valence-corrected chi connectivity index (χ2v) is 4.05. The molecule has 96 valence electrons. The van der Waals surface area contributed by atoms with E-state index in [0.717, 1.165) is 0 Å². The van der Waals surface area contributed by atoms with Gasteiger partial charge in [0.1, 0.15) is 0 Å². The number of aliphatic hydroxyl groups excluding tert-OH is 2. The second kappa shape index (κ2) is 5.95. The van der Waals surface area contributed by atoms with Gasteiger partial charge in [-0.15, -0.1) is 0 Å². The van der Waals surface area contributed by atoms with Crippen LogP contribution in [0.4, 0.5) is 4.39 Å². The molecule has 0 amide bonds. The van der Waals surface area contributed by atoms with Crippen molar-refractivity contribution in [3.05, 3.63) is 29.6 Å². The summed E-state index contributed by atoms with van der Waals surface area (Å²) in [6.07, 6.45) is 0.524. The third-order valence-corrected chi connectivity index (χ3v) is 3.01. The van der Waals surface area contributed by atoms with Crippen LogP contribution >= 0.6 is 0 Å². The molecule has 0 bridgehead atoms. The monoisotopic (exact) mass is 243 g/mol. The standard InChI is InChI=1S/C12H18FNO3/c1-2-12(7-15,8-16)14-6-9-4-3-5-10(13)11(9)17/h3-5,14-17H,2,6-8H2,1H3. The third kappa shape index (κ3) is 3.15. The maximum Gasteiger partial charge on any atom is 0.165 e. The maximum absolute atomic E-state index is 13.1. The Kier molecular flexibility index (Phi) is 4.86. The summed E-state index contributed by atoms with van der Waals surface area (Å²) < 4.78 is 13.1. The van der Waals surface area contributed by atoms with E-state index < -0.39 is 17.1 Å². The van der Waals surface area contributed by atoms with Crippen molar-refractivity contribution in [2.45, 2.75) is 25.4 Å². The number of phenolic OH excluding ortho intramolecular Hbond substituents is 1. The highest BCUT2D eigenvalue weighted by atomic mass is 19.1. The summed E-state index contributed by atoms with van der Waals surface area (Å²) in [5.41, 5.74) is -0.414. The minimum atomic E-state index is -0.807. The Morgan fingerprint density at radius 2 is 1.94 bits per heavy atom. The first-order chi connectivity index (χ1) is 8.08. The Hall–Kier alpha value is -1.17. The van der Waals surface area contributed by atoms with Crippen molar-refractivity contribution in [2.24, 2.45) is 0 Å². The number of phenols is 1. The molecule has 0 saturated carbocycles. The average molecular weight is 243 g/mol. The van der Waals surface area contributed by atoms with Gasteiger partial charge < -0.3 is 20.6 Å². The van der Waals surface area contributed by atoms with Gasteiger partial charge >= 0.3 is 0 Å². The molecular formula is C12H18FNO3. The number of benzene rings is 1. The number of hydrogen-bond acceptors (Lipinski definition) is 4. The van der Waals surface area contributed by atoms with Crippen LogP contribution in [0, 0.1) is 5.82 Å². The normalized spacial score (nSPS) is 11.8. The second-order valence-electron chi connectivity index (χ2n) is 4.05. The number of nitrogens with one attached hydrogen (secondary N) is 1. The van der Waals surface area contributed by atoms with Crippen LogP contribution in [0.3, 0.4) is 0 Å². The van der Waals surface area contributed by atoms with E-state index in [4.69, 9.17) is 0 Å². The summed E-state index contributed by atoms with van der Waals surface area (Å²) in [6.45, 7) is 1.55. The van der Waals surface area contributed by atoms with Crippen LogP contribution in [-0.2, 0) is 6.54 Å². The number of aliphatic hydroxyl groups is 2. The molecule has 1 aromatic carbocycles. The predicted molar refractivity (Wildman–Crippen MR) is 62.1 cm³/mol. The smallest absolute Gasteiger partial charge is 0.165 e. The molecule has 0 atom stereocenters. The quantitative estimate of drug-likeness (QED) is 0.595. The molecule has 0 radical (unpaired) electrons. The molecule has 4 nitrogen and oxygen atoms in total. The first-order valence-corrected chi connectivity index (χ1v) is 5.51. The van der Waals surface area contributed by atoms with Crippen LogP contribution < -0.4 is 5.32 Å². The average Bonchev–Trinajstić information content (AvgIpc) is 2.36. The van der Waals surface area contributed by atoms with Crippen molar-refractivity contribution in [1.82, 2.24) is 5.32 Å². The van der Waals surface area contributed by atoms with Crippen molar-refractivity contribution < 1.29 is 19.7 Å². The van der Waals surface area contributed by atoms with Crippen LogP contribution in [0.1, 0.15) is 18.9 Å². The van der Waals surface area contributed by atoms with E-state index in [1.807, 2.05) is 6.92 Å². The molecule has 0 fully saturated rings. The van der Waals surface area contributed by atoms with Crippen molar-refractivity contribution in [2.75, 3.05) is 13.2 Å². The molecule has 17 heavy (non-hydrogen) atoms. The number of hydrogen-bond donors (Lipinski definition) is 4. The van der Waals surface area contributed by atoms with E-state index in [2.05, 4.69) is 5.32 Å². The summed E-state index contributed by atoms with van der Waals surface area (Å²) in [5.74, 6) is -1.08. The number of rotatable bonds is 6. The molecule has 0 unspecified atom stereocenters. The lowest BCUT2D eigenvalue weighted by atomic mass is 9.98. The van der Waals surface area contributed by atoms with Crippen LogP contribution in [0.15, 0.2) is 18.2 Å². The highest BCUT2D eigenvalue weighted by Gasteiger charge is 2.26. The Morgan fingerprint density at radius 3 is 2.47 bits per heavy atom. The van der Waals surface area contributed by atoms with Gasteiger partial charge in [-0.05, 0) is 12.5 Å². The number of halogens is 1. The van der Waals surface area contributed by atoms with Crippen LogP contribution in [0.25, 0.3) is 0 Å². The van der Waals surface area contributed by atoms with Gasteiger partial charge in [-0.25, -0.2) is 4.39 Å². The first-order valence-electron chi connectivity index (χ1n) is 5.51. The van der Waals surface area contributed by atoms with Gasteiger partial charge in [0, 0.05) is 12.1 Å². The van der Waals surface area contributed by atoms with E-state index >= 15 is 0 Å². The van der Waals surface area contributed by atoms with Gasteiger partial charge in [0.05, 0.1) is 18.8 Å². The maximum atomic E-state index is 13.1. The topological polar surface area (TPSA) is 72.7 Å². The Morgan fingerprint density at radius 1 is 1.29 bits per heavy atom. The van der Waals surface area contributed by atoms with E-state index in [-0.39, 0.29) is 19.8 Å². The zero-order valence-electron chi connectivity index (χ0n) is 9.78. The molecule has 1 rings (SSSR count). The lowest BCUT2D eigenvalue weighted by molar-refractivity contribution is 0.0862. The minimum absolute atomic E-state index is 0.179. The highest BCUT2D eigenvalue weighted by molar-refractivity contribution is 5.33.